The summed E-state index contributed by atoms with van der Waals surface area (Å²) in [5, 5.41) is 0. The second-order valence-electron chi connectivity index (χ2n) is 12.0. The first-order chi connectivity index (χ1) is 20.9. The lowest BCUT2D eigenvalue weighted by molar-refractivity contribution is 0.647. The Hall–Kier alpha value is -4.82. The van der Waals surface area contributed by atoms with Crippen LogP contribution in [0.1, 0.15) is 37.0 Å². The van der Waals surface area contributed by atoms with Gasteiger partial charge in [0.25, 0.3) is 0 Å². The zero-order chi connectivity index (χ0) is 29.9. The van der Waals surface area contributed by atoms with Crippen molar-refractivity contribution < 1.29 is 0 Å². The molecule has 0 heterocycles. The standard InChI is InChI=1S/C41H40N2/c1-29-6-17-36(18-7-29)42(37-19-8-30(2)9-20-37)38-23-13-34(14-24-38)35-15-25-40(26-16-35)43(39-21-10-31(3)11-22-39)41-27-12-32(4)28-33(41)5/h6-27,33H,28H2,1-5H3. The fourth-order valence-electron chi connectivity index (χ4n) is 5.92. The molecule has 1 unspecified atom stereocenters. The number of allylic oxidation sites excluding steroid dienone is 4. The molecule has 214 valence electrons. The topological polar surface area (TPSA) is 6.48 Å². The van der Waals surface area contributed by atoms with Crippen molar-refractivity contribution in [1.29, 1.82) is 0 Å². The fourth-order valence-corrected chi connectivity index (χ4v) is 5.92. The molecule has 2 heteroatoms. The van der Waals surface area contributed by atoms with E-state index in [1.807, 2.05) is 0 Å². The Morgan fingerprint density at radius 1 is 0.419 bits per heavy atom. The molecule has 1 atom stereocenters. The zero-order valence-electron chi connectivity index (χ0n) is 25.9. The van der Waals surface area contributed by atoms with E-state index in [0.717, 1.165) is 23.5 Å². The molecule has 0 aromatic heterocycles. The normalized spacial score (nSPS) is 14.6. The van der Waals surface area contributed by atoms with E-state index in [1.165, 1.54) is 50.5 Å². The molecular weight excluding hydrogens is 520 g/mol. The molecule has 6 rings (SSSR count). The largest absolute Gasteiger partial charge is 0.314 e. The van der Waals surface area contributed by atoms with E-state index in [1.54, 1.807) is 0 Å². The summed E-state index contributed by atoms with van der Waals surface area (Å²) in [4.78, 5) is 4.74. The second kappa shape index (κ2) is 12.2. The predicted octanol–water partition coefficient (Wildman–Crippen LogP) is 11.8. The maximum Gasteiger partial charge on any atom is 0.0462 e. The van der Waals surface area contributed by atoms with Crippen molar-refractivity contribution in [2.45, 2.75) is 41.0 Å². The van der Waals surface area contributed by atoms with E-state index >= 15 is 0 Å². The van der Waals surface area contributed by atoms with Crippen molar-refractivity contribution in [2.75, 3.05) is 9.80 Å². The van der Waals surface area contributed by atoms with Crippen LogP contribution in [0.5, 0.6) is 0 Å². The Labute approximate surface area is 257 Å². The molecule has 43 heavy (non-hydrogen) atoms. The summed E-state index contributed by atoms with van der Waals surface area (Å²) in [6, 6.07) is 44.3. The van der Waals surface area contributed by atoms with Gasteiger partial charge in [-0.2, -0.15) is 0 Å². The van der Waals surface area contributed by atoms with E-state index < -0.39 is 0 Å². The van der Waals surface area contributed by atoms with Crippen molar-refractivity contribution in [2.24, 2.45) is 5.92 Å². The van der Waals surface area contributed by atoms with Gasteiger partial charge in [-0.05, 0) is 112 Å². The number of hydrogen-bond donors (Lipinski definition) is 0. The summed E-state index contributed by atoms with van der Waals surface area (Å²) in [6.07, 6.45) is 5.65. The van der Waals surface area contributed by atoms with Gasteiger partial charge in [0.1, 0.15) is 0 Å². The Morgan fingerprint density at radius 2 is 0.744 bits per heavy atom. The number of aryl methyl sites for hydroxylation is 3. The quantitative estimate of drug-likeness (QED) is 0.195. The maximum atomic E-state index is 2.42. The van der Waals surface area contributed by atoms with Gasteiger partial charge in [0, 0.05) is 40.1 Å². The molecule has 0 N–H and O–H groups in total. The lowest BCUT2D eigenvalue weighted by atomic mass is 9.92. The van der Waals surface area contributed by atoms with Crippen LogP contribution in [0, 0.1) is 26.7 Å². The highest BCUT2D eigenvalue weighted by Crippen LogP contribution is 2.39. The van der Waals surface area contributed by atoms with Crippen LogP contribution in [0.3, 0.4) is 0 Å². The van der Waals surface area contributed by atoms with Crippen LogP contribution in [0.2, 0.25) is 0 Å². The highest BCUT2D eigenvalue weighted by Gasteiger charge is 2.22. The lowest BCUT2D eigenvalue weighted by Crippen LogP contribution is -2.23. The minimum atomic E-state index is 0.448. The zero-order valence-corrected chi connectivity index (χ0v) is 25.9. The molecule has 0 bridgehead atoms. The molecular formula is C41H40N2. The Balaban J connectivity index is 1.32. The van der Waals surface area contributed by atoms with E-state index in [4.69, 9.17) is 0 Å². The number of anilines is 5. The van der Waals surface area contributed by atoms with Crippen LogP contribution in [0.25, 0.3) is 11.1 Å². The lowest BCUT2D eigenvalue weighted by Gasteiger charge is -2.33. The molecule has 0 amide bonds. The van der Waals surface area contributed by atoms with Crippen LogP contribution in [0.4, 0.5) is 28.4 Å². The Kier molecular flexibility index (Phi) is 8.03. The third-order valence-electron chi connectivity index (χ3n) is 8.39. The average molecular weight is 561 g/mol. The van der Waals surface area contributed by atoms with Gasteiger partial charge in [-0.3, -0.25) is 0 Å². The summed E-state index contributed by atoms with van der Waals surface area (Å²) >= 11 is 0. The van der Waals surface area contributed by atoms with Gasteiger partial charge < -0.3 is 9.80 Å². The molecule has 5 aromatic rings. The number of hydrogen-bond acceptors (Lipinski definition) is 2. The first-order valence-electron chi connectivity index (χ1n) is 15.2. The molecule has 0 spiro atoms. The SMILES string of the molecule is CC1=CC=C(N(c2ccc(C)cc2)c2ccc(-c3ccc(N(c4ccc(C)cc4)c4ccc(C)cc4)cc3)cc2)C(C)C1. The molecule has 1 aliphatic carbocycles. The first-order valence-corrected chi connectivity index (χ1v) is 15.2. The molecule has 2 nitrogen and oxygen atoms in total. The average Bonchev–Trinajstić information content (AvgIpc) is 3.02. The molecule has 0 saturated heterocycles. The summed E-state index contributed by atoms with van der Waals surface area (Å²) in [6.45, 7) is 11.0. The molecule has 0 aliphatic heterocycles. The van der Waals surface area contributed by atoms with Crippen LogP contribution in [0.15, 0.2) is 145 Å². The first kappa shape index (κ1) is 28.3. The Bertz CT molecular complexity index is 1690. The minimum absolute atomic E-state index is 0.448. The smallest absolute Gasteiger partial charge is 0.0462 e. The van der Waals surface area contributed by atoms with E-state index in [9.17, 15) is 0 Å². The molecule has 0 radical (unpaired) electrons. The van der Waals surface area contributed by atoms with Crippen LogP contribution >= 0.6 is 0 Å². The van der Waals surface area contributed by atoms with Crippen LogP contribution < -0.4 is 9.80 Å². The van der Waals surface area contributed by atoms with Gasteiger partial charge >= 0.3 is 0 Å². The van der Waals surface area contributed by atoms with Gasteiger partial charge in [0.2, 0.25) is 0 Å². The second-order valence-corrected chi connectivity index (χ2v) is 12.0. The van der Waals surface area contributed by atoms with Gasteiger partial charge in [0.05, 0.1) is 0 Å². The highest BCUT2D eigenvalue weighted by molar-refractivity contribution is 5.79. The number of benzene rings is 5. The number of nitrogens with zero attached hydrogens (tertiary/aromatic N) is 2. The van der Waals surface area contributed by atoms with E-state index in [2.05, 4.69) is 178 Å². The monoisotopic (exact) mass is 560 g/mol. The van der Waals surface area contributed by atoms with Gasteiger partial charge in [-0.25, -0.2) is 0 Å². The van der Waals surface area contributed by atoms with Crippen molar-refractivity contribution in [3.8, 4) is 11.1 Å². The minimum Gasteiger partial charge on any atom is -0.314 e. The fraction of sp³-hybridized carbons (Fsp3) is 0.171. The van der Waals surface area contributed by atoms with Gasteiger partial charge in [-0.15, -0.1) is 0 Å². The van der Waals surface area contributed by atoms with Crippen LogP contribution in [-0.2, 0) is 0 Å². The third-order valence-corrected chi connectivity index (χ3v) is 8.39. The van der Waals surface area contributed by atoms with Crippen molar-refractivity contribution in [3.05, 3.63) is 161 Å². The van der Waals surface area contributed by atoms with Crippen LogP contribution in [-0.4, -0.2) is 0 Å². The molecule has 5 aromatic carbocycles. The molecule has 0 saturated carbocycles. The van der Waals surface area contributed by atoms with Crippen molar-refractivity contribution in [1.82, 2.24) is 0 Å². The van der Waals surface area contributed by atoms with Gasteiger partial charge in [0.15, 0.2) is 0 Å². The highest BCUT2D eigenvalue weighted by atomic mass is 15.2. The van der Waals surface area contributed by atoms with Crippen molar-refractivity contribution >= 4 is 28.4 Å². The molecule has 0 fully saturated rings. The maximum absolute atomic E-state index is 2.42. The summed E-state index contributed by atoms with van der Waals surface area (Å²) in [5.41, 5.74) is 14.8. The summed E-state index contributed by atoms with van der Waals surface area (Å²) in [5.74, 6) is 0.448. The number of rotatable bonds is 7. The van der Waals surface area contributed by atoms with Crippen molar-refractivity contribution in [3.63, 3.8) is 0 Å². The third kappa shape index (κ3) is 6.20. The summed E-state index contributed by atoms with van der Waals surface area (Å²) in [7, 11) is 0. The van der Waals surface area contributed by atoms with Gasteiger partial charge in [-0.1, -0.05) is 95.9 Å². The predicted molar refractivity (Wildman–Crippen MR) is 185 cm³/mol. The summed E-state index contributed by atoms with van der Waals surface area (Å²) < 4.78 is 0. The van der Waals surface area contributed by atoms with E-state index in [0.29, 0.717) is 5.92 Å². The molecule has 1 aliphatic rings. The Morgan fingerprint density at radius 3 is 1.09 bits per heavy atom. The van der Waals surface area contributed by atoms with E-state index in [-0.39, 0.29) is 0 Å².